The molecule has 1 aliphatic rings. The molecule has 2 N–H and O–H groups in total. The van der Waals surface area contributed by atoms with Gasteiger partial charge in [0.2, 0.25) is 11.7 Å². The van der Waals surface area contributed by atoms with E-state index in [9.17, 15) is 4.79 Å². The maximum absolute atomic E-state index is 13.0. The number of carbonyl (C=O) groups excluding carboxylic acids is 1. The van der Waals surface area contributed by atoms with Crippen LogP contribution >= 0.6 is 0 Å². The summed E-state index contributed by atoms with van der Waals surface area (Å²) >= 11 is 0. The zero-order valence-corrected chi connectivity index (χ0v) is 18.4. The summed E-state index contributed by atoms with van der Waals surface area (Å²) in [7, 11) is 4.53. The van der Waals surface area contributed by atoms with Gasteiger partial charge in [0.1, 0.15) is 0 Å². The van der Waals surface area contributed by atoms with Crippen LogP contribution in [-0.4, -0.2) is 52.5 Å². The quantitative estimate of drug-likeness (QED) is 0.520. The van der Waals surface area contributed by atoms with Gasteiger partial charge in [0, 0.05) is 17.9 Å². The number of methoxy groups -OCH3 is 3. The molecule has 2 aromatic rings. The van der Waals surface area contributed by atoms with Gasteiger partial charge >= 0.3 is 0 Å². The molecule has 1 aliphatic heterocycles. The van der Waals surface area contributed by atoms with E-state index in [1.54, 1.807) is 12.1 Å². The summed E-state index contributed by atoms with van der Waals surface area (Å²) in [6.07, 6.45) is 2.05. The molecule has 1 heterocycles. The highest BCUT2D eigenvalue weighted by molar-refractivity contribution is 6.10. The van der Waals surface area contributed by atoms with E-state index >= 15 is 0 Å². The fourth-order valence-electron chi connectivity index (χ4n) is 3.34. The number of nitrogens with zero attached hydrogens (tertiary/aromatic N) is 1. The van der Waals surface area contributed by atoms with Gasteiger partial charge in [-0.1, -0.05) is 12.1 Å². The van der Waals surface area contributed by atoms with E-state index in [0.29, 0.717) is 35.3 Å². The fourth-order valence-corrected chi connectivity index (χ4v) is 3.34. The molecule has 2 aromatic carbocycles. The van der Waals surface area contributed by atoms with Crippen LogP contribution in [0.15, 0.2) is 41.4 Å². The average Bonchev–Trinajstić information content (AvgIpc) is 3.30. The predicted octanol–water partition coefficient (Wildman–Crippen LogP) is 3.40. The lowest BCUT2D eigenvalue weighted by Crippen LogP contribution is -2.36. The molecular weight excluding hydrogens is 398 g/mol. The molecule has 0 radical (unpaired) electrons. The first-order valence-electron chi connectivity index (χ1n) is 10.1. The Morgan fingerprint density at radius 2 is 1.87 bits per heavy atom. The molecule has 0 aromatic heterocycles. The molecule has 0 unspecified atom stereocenters. The molecule has 8 heteroatoms. The Morgan fingerprint density at radius 1 is 1.13 bits per heavy atom. The first-order valence-corrected chi connectivity index (χ1v) is 10.1. The largest absolute Gasteiger partial charge is 0.493 e. The summed E-state index contributed by atoms with van der Waals surface area (Å²) in [6.45, 7) is 3.21. The Hall–Kier alpha value is -3.26. The monoisotopic (exact) mass is 427 g/mol. The van der Waals surface area contributed by atoms with Crippen molar-refractivity contribution in [2.24, 2.45) is 4.99 Å². The smallest absolute Gasteiger partial charge is 0.258 e. The minimum Gasteiger partial charge on any atom is -0.493 e. The summed E-state index contributed by atoms with van der Waals surface area (Å²) < 4.78 is 21.7. The normalized spacial score (nSPS) is 16.0. The molecule has 0 aliphatic carbocycles. The summed E-state index contributed by atoms with van der Waals surface area (Å²) in [5, 5.41) is 6.06. The number of carbonyl (C=O) groups is 1. The number of hydrogen-bond donors (Lipinski definition) is 2. The fraction of sp³-hybridized carbons (Fsp3) is 0.391. The van der Waals surface area contributed by atoms with Crippen LogP contribution in [0.1, 0.15) is 28.8 Å². The van der Waals surface area contributed by atoms with Crippen LogP contribution in [0.2, 0.25) is 0 Å². The van der Waals surface area contributed by atoms with Crippen molar-refractivity contribution in [1.29, 1.82) is 0 Å². The predicted molar refractivity (Wildman–Crippen MR) is 120 cm³/mol. The van der Waals surface area contributed by atoms with Gasteiger partial charge in [0.05, 0.1) is 34.0 Å². The van der Waals surface area contributed by atoms with Crippen LogP contribution in [-0.2, 0) is 4.74 Å². The highest BCUT2D eigenvalue weighted by Crippen LogP contribution is 2.38. The lowest BCUT2D eigenvalue weighted by Gasteiger charge is -2.16. The third-order valence-electron chi connectivity index (χ3n) is 4.92. The van der Waals surface area contributed by atoms with Crippen molar-refractivity contribution in [3.63, 3.8) is 0 Å². The summed E-state index contributed by atoms with van der Waals surface area (Å²) in [5.41, 5.74) is 2.28. The third kappa shape index (κ3) is 5.88. The SMILES string of the molecule is COc1cc(C(=O)NC(=NC[C@@H]2CCCO2)Nc2cccc(C)c2)cc(OC)c1OC. The third-order valence-corrected chi connectivity index (χ3v) is 4.92. The number of amides is 1. The van der Waals surface area contributed by atoms with Gasteiger partial charge < -0.3 is 24.3 Å². The first kappa shape index (κ1) is 22.4. The number of guanidine groups is 1. The minimum atomic E-state index is -0.356. The number of anilines is 1. The lowest BCUT2D eigenvalue weighted by molar-refractivity contribution is 0.0974. The summed E-state index contributed by atoms with van der Waals surface area (Å²) in [5.74, 6) is 1.21. The van der Waals surface area contributed by atoms with Gasteiger partial charge in [-0.2, -0.15) is 0 Å². The number of benzene rings is 2. The Labute approximate surface area is 182 Å². The summed E-state index contributed by atoms with van der Waals surface area (Å²) in [4.78, 5) is 17.6. The van der Waals surface area contributed by atoms with Crippen molar-refractivity contribution in [2.45, 2.75) is 25.9 Å². The number of hydrogen-bond acceptors (Lipinski definition) is 6. The average molecular weight is 428 g/mol. The molecular formula is C23H29N3O5. The van der Waals surface area contributed by atoms with Crippen LogP contribution in [0.5, 0.6) is 17.2 Å². The molecule has 166 valence electrons. The van der Waals surface area contributed by atoms with Gasteiger partial charge in [0.25, 0.3) is 5.91 Å². The number of aryl methyl sites for hydroxylation is 1. The van der Waals surface area contributed by atoms with Crippen molar-refractivity contribution in [1.82, 2.24) is 5.32 Å². The first-order chi connectivity index (χ1) is 15.0. The molecule has 1 amide bonds. The Balaban J connectivity index is 1.83. The van der Waals surface area contributed by atoms with Crippen molar-refractivity contribution >= 4 is 17.6 Å². The zero-order valence-electron chi connectivity index (χ0n) is 18.4. The highest BCUT2D eigenvalue weighted by Gasteiger charge is 2.19. The molecule has 1 saturated heterocycles. The molecule has 0 saturated carbocycles. The molecule has 8 nitrogen and oxygen atoms in total. The van der Waals surface area contributed by atoms with Gasteiger partial charge in [-0.05, 0) is 49.6 Å². The van der Waals surface area contributed by atoms with Crippen LogP contribution in [0, 0.1) is 6.92 Å². The second-order valence-corrected chi connectivity index (χ2v) is 7.19. The standard InChI is InChI=1S/C23H29N3O5/c1-15-7-5-8-17(11-15)25-23(24-14-18-9-6-10-31-18)26-22(27)16-12-19(28-2)21(30-4)20(13-16)29-3/h5,7-8,11-13,18H,6,9-10,14H2,1-4H3,(H2,24,25,26,27)/t18-/m0/s1. The molecule has 31 heavy (non-hydrogen) atoms. The second-order valence-electron chi connectivity index (χ2n) is 7.19. The maximum atomic E-state index is 13.0. The molecule has 0 bridgehead atoms. The van der Waals surface area contributed by atoms with Crippen molar-refractivity contribution in [3.8, 4) is 17.2 Å². The topological polar surface area (TPSA) is 90.4 Å². The van der Waals surface area contributed by atoms with E-state index in [1.807, 2.05) is 31.2 Å². The van der Waals surface area contributed by atoms with Crippen LogP contribution < -0.4 is 24.8 Å². The van der Waals surface area contributed by atoms with Crippen LogP contribution in [0.3, 0.4) is 0 Å². The maximum Gasteiger partial charge on any atom is 0.258 e. The minimum absolute atomic E-state index is 0.0624. The zero-order chi connectivity index (χ0) is 22.2. The Bertz CT molecular complexity index is 914. The number of nitrogens with one attached hydrogen (secondary N) is 2. The molecule has 1 fully saturated rings. The summed E-state index contributed by atoms with van der Waals surface area (Å²) in [6, 6.07) is 11.0. The van der Waals surface area contributed by atoms with E-state index in [4.69, 9.17) is 18.9 Å². The second kappa shape index (κ2) is 10.7. The Kier molecular flexibility index (Phi) is 7.72. The van der Waals surface area contributed by atoms with Gasteiger partial charge in [0.15, 0.2) is 11.5 Å². The van der Waals surface area contributed by atoms with Gasteiger partial charge in [-0.15, -0.1) is 0 Å². The molecule has 3 rings (SSSR count). The lowest BCUT2D eigenvalue weighted by atomic mass is 10.1. The molecule has 0 spiro atoms. The van der Waals surface area contributed by atoms with E-state index in [-0.39, 0.29) is 12.0 Å². The van der Waals surface area contributed by atoms with E-state index in [1.165, 1.54) is 21.3 Å². The van der Waals surface area contributed by atoms with Crippen molar-refractivity contribution < 1.29 is 23.7 Å². The van der Waals surface area contributed by atoms with Crippen LogP contribution in [0.25, 0.3) is 0 Å². The number of ether oxygens (including phenoxy) is 4. The Morgan fingerprint density at radius 3 is 2.45 bits per heavy atom. The number of aliphatic imine (C=N–C) groups is 1. The van der Waals surface area contributed by atoms with E-state index in [2.05, 4.69) is 15.6 Å². The van der Waals surface area contributed by atoms with Crippen molar-refractivity contribution in [2.75, 3.05) is 39.8 Å². The van der Waals surface area contributed by atoms with E-state index < -0.39 is 0 Å². The van der Waals surface area contributed by atoms with Gasteiger partial charge in [-0.25, -0.2) is 4.99 Å². The van der Waals surface area contributed by atoms with Crippen LogP contribution in [0.4, 0.5) is 5.69 Å². The molecule has 1 atom stereocenters. The van der Waals surface area contributed by atoms with Crippen molar-refractivity contribution in [3.05, 3.63) is 47.5 Å². The number of rotatable bonds is 7. The van der Waals surface area contributed by atoms with E-state index in [0.717, 1.165) is 30.7 Å². The van der Waals surface area contributed by atoms with Gasteiger partial charge in [-0.3, -0.25) is 10.1 Å². The highest BCUT2D eigenvalue weighted by atomic mass is 16.5.